The molecule has 0 saturated heterocycles. The summed E-state index contributed by atoms with van der Waals surface area (Å²) in [6.07, 6.45) is 8.74. The van der Waals surface area contributed by atoms with Crippen molar-refractivity contribution < 1.29 is 0 Å². The molecule has 0 spiro atoms. The lowest BCUT2D eigenvalue weighted by Gasteiger charge is -2.28. The van der Waals surface area contributed by atoms with Gasteiger partial charge >= 0.3 is 0 Å². The zero-order valence-corrected chi connectivity index (χ0v) is 17.6. The number of nitrogens with zero attached hydrogens (tertiary/aromatic N) is 2. The highest BCUT2D eigenvalue weighted by molar-refractivity contribution is 5.45. The maximum Gasteiger partial charge on any atom is 0.137 e. The minimum Gasteiger partial charge on any atom is -0.391 e. The Morgan fingerprint density at radius 3 is 2.62 bits per heavy atom. The molecule has 26 heavy (non-hydrogen) atoms. The van der Waals surface area contributed by atoms with Gasteiger partial charge in [0.1, 0.15) is 5.65 Å². The van der Waals surface area contributed by atoms with Crippen molar-refractivity contribution in [2.75, 3.05) is 6.54 Å². The van der Waals surface area contributed by atoms with Crippen molar-refractivity contribution in [2.24, 2.45) is 11.3 Å². The van der Waals surface area contributed by atoms with E-state index in [2.05, 4.69) is 76.2 Å². The van der Waals surface area contributed by atoms with Crippen LogP contribution in [0.25, 0.3) is 5.65 Å². The molecule has 0 aromatic carbocycles. The largest absolute Gasteiger partial charge is 0.391 e. The molecule has 1 N–H and O–H groups in total. The molecular formula is C23H37N3. The molecule has 2 aromatic heterocycles. The normalized spacial score (nSPS) is 14.4. The molecule has 2 unspecified atom stereocenters. The number of aryl methyl sites for hydroxylation is 2. The van der Waals surface area contributed by atoms with E-state index in [1.54, 1.807) is 6.20 Å². The van der Waals surface area contributed by atoms with Gasteiger partial charge in [-0.05, 0) is 67.7 Å². The zero-order valence-electron chi connectivity index (χ0n) is 17.6. The van der Waals surface area contributed by atoms with Gasteiger partial charge in [0, 0.05) is 18.4 Å². The monoisotopic (exact) mass is 355 g/mol. The first-order chi connectivity index (χ1) is 12.3. The minimum absolute atomic E-state index is 0.388. The number of hydrogen-bond donors (Lipinski definition) is 1. The Balaban J connectivity index is 2.29. The van der Waals surface area contributed by atoms with Gasteiger partial charge in [-0.15, -0.1) is 0 Å². The summed E-state index contributed by atoms with van der Waals surface area (Å²) in [7, 11) is 0. The van der Waals surface area contributed by atoms with E-state index in [0.29, 0.717) is 17.3 Å². The van der Waals surface area contributed by atoms with Crippen LogP contribution in [0.15, 0.2) is 31.1 Å². The SMILES string of the molecule is C=CNCCC(c1ccc2nc(CC)c(C)n2c1)C(C)CCC(C)(C)C. The van der Waals surface area contributed by atoms with Crippen molar-refractivity contribution >= 4 is 5.65 Å². The molecule has 0 saturated carbocycles. The summed E-state index contributed by atoms with van der Waals surface area (Å²) in [4.78, 5) is 4.76. The maximum atomic E-state index is 4.76. The number of nitrogens with one attached hydrogen (secondary N) is 1. The van der Waals surface area contributed by atoms with Crippen molar-refractivity contribution in [2.45, 2.75) is 73.1 Å². The van der Waals surface area contributed by atoms with Crippen LogP contribution >= 0.6 is 0 Å². The molecule has 2 rings (SSSR count). The molecule has 0 radical (unpaired) electrons. The van der Waals surface area contributed by atoms with E-state index < -0.39 is 0 Å². The van der Waals surface area contributed by atoms with Gasteiger partial charge in [-0.3, -0.25) is 0 Å². The van der Waals surface area contributed by atoms with E-state index in [-0.39, 0.29) is 0 Å². The summed E-state index contributed by atoms with van der Waals surface area (Å²) >= 11 is 0. The first kappa shape index (κ1) is 20.5. The van der Waals surface area contributed by atoms with E-state index in [0.717, 1.165) is 25.0 Å². The number of imidazole rings is 1. The molecule has 0 bridgehead atoms. The molecule has 3 nitrogen and oxygen atoms in total. The van der Waals surface area contributed by atoms with Gasteiger partial charge < -0.3 is 9.72 Å². The van der Waals surface area contributed by atoms with Crippen molar-refractivity contribution in [1.82, 2.24) is 14.7 Å². The van der Waals surface area contributed by atoms with Gasteiger partial charge in [-0.2, -0.15) is 0 Å². The second-order valence-electron chi connectivity index (χ2n) is 8.82. The van der Waals surface area contributed by atoms with Gasteiger partial charge in [-0.1, -0.05) is 47.3 Å². The van der Waals surface area contributed by atoms with Crippen molar-refractivity contribution in [3.63, 3.8) is 0 Å². The highest BCUT2D eigenvalue weighted by atomic mass is 15.0. The van der Waals surface area contributed by atoms with Crippen LogP contribution in [0.5, 0.6) is 0 Å². The van der Waals surface area contributed by atoms with Crippen LogP contribution in [0.2, 0.25) is 0 Å². The lowest BCUT2D eigenvalue weighted by Crippen LogP contribution is -2.19. The first-order valence-corrected chi connectivity index (χ1v) is 10.1. The fourth-order valence-electron chi connectivity index (χ4n) is 3.76. The molecule has 0 aliphatic carbocycles. The topological polar surface area (TPSA) is 29.3 Å². The average molecular weight is 356 g/mol. The Hall–Kier alpha value is -1.77. The average Bonchev–Trinajstić information content (AvgIpc) is 2.92. The summed E-state index contributed by atoms with van der Waals surface area (Å²) in [6.45, 7) is 18.5. The number of pyridine rings is 1. The van der Waals surface area contributed by atoms with Gasteiger partial charge in [0.25, 0.3) is 0 Å². The van der Waals surface area contributed by atoms with Crippen LogP contribution in [-0.2, 0) is 6.42 Å². The lowest BCUT2D eigenvalue weighted by molar-refractivity contribution is 0.302. The third-order valence-corrected chi connectivity index (χ3v) is 5.52. The molecule has 2 atom stereocenters. The van der Waals surface area contributed by atoms with E-state index in [1.807, 2.05) is 0 Å². The molecule has 0 aliphatic heterocycles. The summed E-state index contributed by atoms with van der Waals surface area (Å²) in [5, 5.41) is 3.28. The van der Waals surface area contributed by atoms with Crippen molar-refractivity contribution in [1.29, 1.82) is 0 Å². The smallest absolute Gasteiger partial charge is 0.137 e. The van der Waals surface area contributed by atoms with Crippen LogP contribution in [0.3, 0.4) is 0 Å². The van der Waals surface area contributed by atoms with E-state index in [4.69, 9.17) is 4.98 Å². The van der Waals surface area contributed by atoms with Gasteiger partial charge in [0.05, 0.1) is 5.69 Å². The Morgan fingerprint density at radius 1 is 1.27 bits per heavy atom. The number of fused-ring (bicyclic) bond motifs is 1. The minimum atomic E-state index is 0.388. The second-order valence-corrected chi connectivity index (χ2v) is 8.82. The predicted molar refractivity (Wildman–Crippen MR) is 113 cm³/mol. The molecule has 0 amide bonds. The maximum absolute atomic E-state index is 4.76. The molecular weight excluding hydrogens is 318 g/mol. The highest BCUT2D eigenvalue weighted by Crippen LogP contribution is 2.34. The Morgan fingerprint density at radius 2 is 2.00 bits per heavy atom. The number of rotatable bonds is 9. The van der Waals surface area contributed by atoms with Crippen LogP contribution in [-0.4, -0.2) is 15.9 Å². The van der Waals surface area contributed by atoms with Crippen LogP contribution in [0, 0.1) is 18.3 Å². The van der Waals surface area contributed by atoms with Gasteiger partial charge in [0.2, 0.25) is 0 Å². The van der Waals surface area contributed by atoms with Crippen LogP contribution in [0.1, 0.15) is 76.8 Å². The fourth-order valence-corrected chi connectivity index (χ4v) is 3.76. The predicted octanol–water partition coefficient (Wildman–Crippen LogP) is 5.87. The molecule has 144 valence electrons. The zero-order chi connectivity index (χ0) is 19.3. The third kappa shape index (κ3) is 5.12. The van der Waals surface area contributed by atoms with Gasteiger partial charge in [0.15, 0.2) is 0 Å². The molecule has 0 fully saturated rings. The van der Waals surface area contributed by atoms with Crippen LogP contribution in [0.4, 0.5) is 0 Å². The van der Waals surface area contributed by atoms with E-state index in [1.165, 1.54) is 29.8 Å². The Bertz CT molecular complexity index is 721. The summed E-state index contributed by atoms with van der Waals surface area (Å²) < 4.78 is 2.28. The Kier molecular flexibility index (Phi) is 6.91. The van der Waals surface area contributed by atoms with Crippen molar-refractivity contribution in [3.8, 4) is 0 Å². The van der Waals surface area contributed by atoms with Crippen LogP contribution < -0.4 is 5.32 Å². The lowest BCUT2D eigenvalue weighted by atomic mass is 9.79. The quantitative estimate of drug-likeness (QED) is 0.570. The van der Waals surface area contributed by atoms with Crippen molar-refractivity contribution in [3.05, 3.63) is 48.1 Å². The Labute approximate surface area is 159 Å². The van der Waals surface area contributed by atoms with Gasteiger partial charge in [-0.25, -0.2) is 4.98 Å². The standard InChI is InChI=1S/C23H37N3/c1-8-21-18(4)26-16-19(10-11-22(26)25-21)20(13-15-24-9-2)17(3)12-14-23(5,6)7/h9-11,16-17,20,24H,2,8,12-15H2,1,3-7H3. The highest BCUT2D eigenvalue weighted by Gasteiger charge is 2.22. The molecule has 2 heterocycles. The summed E-state index contributed by atoms with van der Waals surface area (Å²) in [5.74, 6) is 1.19. The summed E-state index contributed by atoms with van der Waals surface area (Å²) in [5.41, 5.74) is 5.35. The fraction of sp³-hybridized carbons (Fsp3) is 0.609. The number of hydrogen-bond acceptors (Lipinski definition) is 2. The second kappa shape index (κ2) is 8.75. The number of aromatic nitrogens is 2. The molecule has 0 aliphatic rings. The molecule has 3 heteroatoms. The summed E-state index contributed by atoms with van der Waals surface area (Å²) in [6, 6.07) is 4.47. The van der Waals surface area contributed by atoms with E-state index >= 15 is 0 Å². The first-order valence-electron chi connectivity index (χ1n) is 10.1. The van der Waals surface area contributed by atoms with E-state index in [9.17, 15) is 0 Å². The third-order valence-electron chi connectivity index (χ3n) is 5.52. The molecule has 2 aromatic rings.